The molecule has 1 aliphatic heterocycles. The largest absolute Gasteiger partial charge is 0.381 e. The second kappa shape index (κ2) is 6.76. The van der Waals surface area contributed by atoms with Crippen LogP contribution in [0, 0.1) is 6.92 Å². The van der Waals surface area contributed by atoms with Gasteiger partial charge in [0.2, 0.25) is 0 Å². The van der Waals surface area contributed by atoms with Crippen molar-refractivity contribution < 1.29 is 4.74 Å². The molecule has 4 rings (SSSR count). The molecule has 1 saturated heterocycles. The molecule has 0 spiro atoms. The van der Waals surface area contributed by atoms with Crippen molar-refractivity contribution in [3.8, 4) is 0 Å². The molecule has 1 aliphatic carbocycles. The summed E-state index contributed by atoms with van der Waals surface area (Å²) in [6.07, 6.45) is 5.99. The molecule has 0 aromatic carbocycles. The summed E-state index contributed by atoms with van der Waals surface area (Å²) in [5.74, 6) is 2.23. The summed E-state index contributed by atoms with van der Waals surface area (Å²) in [5.41, 5.74) is 2.44. The summed E-state index contributed by atoms with van der Waals surface area (Å²) in [7, 11) is 2.09. The average molecular weight is 344 g/mol. The highest BCUT2D eigenvalue weighted by atomic mass is 32.1. The van der Waals surface area contributed by atoms with E-state index < -0.39 is 0 Å². The summed E-state index contributed by atoms with van der Waals surface area (Å²) in [6.45, 7) is 4.40. The number of ether oxygens (including phenoxy) is 1. The highest BCUT2D eigenvalue weighted by molar-refractivity contribution is 7.11. The third kappa shape index (κ3) is 3.30. The number of fused-ring (bicyclic) bond motifs is 1. The number of aromatic nitrogens is 3. The van der Waals surface area contributed by atoms with Crippen molar-refractivity contribution in [3.05, 3.63) is 33.2 Å². The fourth-order valence-electron chi connectivity index (χ4n) is 3.50. The van der Waals surface area contributed by atoms with Gasteiger partial charge >= 0.3 is 0 Å². The molecule has 3 heterocycles. The monoisotopic (exact) mass is 344 g/mol. The van der Waals surface area contributed by atoms with Gasteiger partial charge in [-0.05, 0) is 39.0 Å². The molecule has 1 atom stereocenters. The lowest BCUT2D eigenvalue weighted by Crippen LogP contribution is -2.19. The van der Waals surface area contributed by atoms with Crippen LogP contribution in [0.15, 0.2) is 6.07 Å². The third-order valence-corrected chi connectivity index (χ3v) is 5.99. The van der Waals surface area contributed by atoms with Gasteiger partial charge in [0, 0.05) is 30.5 Å². The van der Waals surface area contributed by atoms with Crippen LogP contribution < -0.4 is 4.90 Å². The van der Waals surface area contributed by atoms with Gasteiger partial charge in [0.05, 0.1) is 24.5 Å². The van der Waals surface area contributed by atoms with Crippen molar-refractivity contribution in [3.63, 3.8) is 0 Å². The zero-order valence-corrected chi connectivity index (χ0v) is 15.2. The van der Waals surface area contributed by atoms with Crippen molar-refractivity contribution >= 4 is 17.2 Å². The van der Waals surface area contributed by atoms with E-state index in [2.05, 4.69) is 28.0 Å². The van der Waals surface area contributed by atoms with Crippen LogP contribution in [0.3, 0.4) is 0 Å². The second-order valence-electron chi connectivity index (χ2n) is 6.80. The molecule has 128 valence electrons. The third-order valence-electron chi connectivity index (χ3n) is 4.85. The number of thiazole rings is 1. The van der Waals surface area contributed by atoms with E-state index in [0.29, 0.717) is 5.92 Å². The molecule has 0 radical (unpaired) electrons. The fraction of sp³-hybridized carbons (Fsp3) is 0.611. The summed E-state index contributed by atoms with van der Waals surface area (Å²) < 4.78 is 5.51. The Morgan fingerprint density at radius 2 is 2.12 bits per heavy atom. The zero-order chi connectivity index (χ0) is 16.5. The number of aryl methyl sites for hydroxylation is 3. The molecule has 2 aromatic rings. The van der Waals surface area contributed by atoms with Crippen molar-refractivity contribution in [2.24, 2.45) is 0 Å². The summed E-state index contributed by atoms with van der Waals surface area (Å²) in [6, 6.07) is 2.12. The number of hydrogen-bond acceptors (Lipinski definition) is 6. The van der Waals surface area contributed by atoms with Crippen LogP contribution in [-0.2, 0) is 24.1 Å². The highest BCUT2D eigenvalue weighted by Crippen LogP contribution is 2.29. The Balaban J connectivity index is 1.53. The first-order valence-electron chi connectivity index (χ1n) is 8.81. The van der Waals surface area contributed by atoms with Gasteiger partial charge in [-0.1, -0.05) is 0 Å². The molecule has 2 aromatic heterocycles. The van der Waals surface area contributed by atoms with E-state index in [9.17, 15) is 0 Å². The van der Waals surface area contributed by atoms with Crippen LogP contribution in [0.4, 0.5) is 5.82 Å². The first-order chi connectivity index (χ1) is 11.7. The molecule has 6 heteroatoms. The lowest BCUT2D eigenvalue weighted by molar-refractivity contribution is 0.193. The molecular weight excluding hydrogens is 320 g/mol. The number of anilines is 1. The first kappa shape index (κ1) is 16.0. The minimum Gasteiger partial charge on any atom is -0.381 e. The molecular formula is C18H24N4OS. The van der Waals surface area contributed by atoms with Gasteiger partial charge < -0.3 is 9.64 Å². The zero-order valence-electron chi connectivity index (χ0n) is 14.4. The van der Waals surface area contributed by atoms with E-state index in [1.54, 1.807) is 0 Å². The van der Waals surface area contributed by atoms with Crippen LogP contribution in [0.1, 0.15) is 52.3 Å². The van der Waals surface area contributed by atoms with Crippen LogP contribution in [0.5, 0.6) is 0 Å². The van der Waals surface area contributed by atoms with Gasteiger partial charge in [-0.2, -0.15) is 0 Å². The number of hydrogen-bond donors (Lipinski definition) is 0. The fourth-order valence-corrected chi connectivity index (χ4v) is 4.71. The normalized spacial score (nSPS) is 20.2. The van der Waals surface area contributed by atoms with Crippen LogP contribution in [0.25, 0.3) is 0 Å². The molecule has 0 amide bonds. The molecule has 24 heavy (non-hydrogen) atoms. The highest BCUT2D eigenvalue weighted by Gasteiger charge is 2.21. The van der Waals surface area contributed by atoms with E-state index in [-0.39, 0.29) is 0 Å². The molecule has 2 aliphatic rings. The second-order valence-corrected chi connectivity index (χ2v) is 7.97. The molecule has 5 nitrogen and oxygen atoms in total. The van der Waals surface area contributed by atoms with Crippen LogP contribution in [0.2, 0.25) is 0 Å². The van der Waals surface area contributed by atoms with Crippen LogP contribution >= 0.6 is 11.3 Å². The maximum Gasteiger partial charge on any atom is 0.132 e. The van der Waals surface area contributed by atoms with Gasteiger partial charge in [0.1, 0.15) is 16.6 Å². The summed E-state index contributed by atoms with van der Waals surface area (Å²) in [4.78, 5) is 17.8. The predicted octanol–water partition coefficient (Wildman–Crippen LogP) is 3.26. The lowest BCUT2D eigenvalue weighted by Gasteiger charge is -2.19. The number of nitrogens with zero attached hydrogens (tertiary/aromatic N) is 4. The molecule has 0 unspecified atom stereocenters. The Morgan fingerprint density at radius 3 is 2.92 bits per heavy atom. The molecule has 0 saturated carbocycles. The minimum absolute atomic E-state index is 0.408. The Morgan fingerprint density at radius 1 is 1.25 bits per heavy atom. The smallest absolute Gasteiger partial charge is 0.132 e. The van der Waals surface area contributed by atoms with E-state index >= 15 is 0 Å². The Hall–Kier alpha value is -1.53. The van der Waals surface area contributed by atoms with Crippen molar-refractivity contribution in [2.75, 3.05) is 25.2 Å². The van der Waals surface area contributed by atoms with E-state index in [1.807, 2.05) is 18.3 Å². The lowest BCUT2D eigenvalue weighted by atomic mass is 10.0. The standard InChI is InChI=1S/C18H24N4OS/c1-12-19-15(13-7-8-23-11-13)9-17(20-12)22(2)10-18-21-14-5-3-4-6-16(14)24-18/h9,13H,3-8,10-11H2,1-2H3/t13-/m1/s1. The van der Waals surface area contributed by atoms with Crippen LogP contribution in [-0.4, -0.2) is 35.2 Å². The van der Waals surface area contributed by atoms with Gasteiger partial charge in [-0.15, -0.1) is 11.3 Å². The molecule has 1 fully saturated rings. The number of rotatable bonds is 4. The predicted molar refractivity (Wildman–Crippen MR) is 95.8 cm³/mol. The summed E-state index contributed by atoms with van der Waals surface area (Å²) in [5, 5.41) is 1.20. The Bertz CT molecular complexity index is 700. The molecule has 0 N–H and O–H groups in total. The van der Waals surface area contributed by atoms with Gasteiger partial charge in [0.15, 0.2) is 0 Å². The average Bonchev–Trinajstić information content (AvgIpc) is 3.23. The maximum atomic E-state index is 5.51. The maximum absolute atomic E-state index is 5.51. The van der Waals surface area contributed by atoms with E-state index in [4.69, 9.17) is 9.72 Å². The van der Waals surface area contributed by atoms with E-state index in [1.165, 1.54) is 34.8 Å². The Labute approximate surface area is 147 Å². The van der Waals surface area contributed by atoms with Crippen molar-refractivity contribution in [1.82, 2.24) is 15.0 Å². The quantitative estimate of drug-likeness (QED) is 0.852. The van der Waals surface area contributed by atoms with Crippen molar-refractivity contribution in [1.29, 1.82) is 0 Å². The SMILES string of the molecule is Cc1nc([C@@H]2CCOC2)cc(N(C)Cc2nc3c(s2)CCCC3)n1. The van der Waals surface area contributed by atoms with Gasteiger partial charge in [0.25, 0.3) is 0 Å². The van der Waals surface area contributed by atoms with Crippen molar-refractivity contribution in [2.45, 2.75) is 51.5 Å². The first-order valence-corrected chi connectivity index (χ1v) is 9.62. The van der Waals surface area contributed by atoms with E-state index in [0.717, 1.165) is 49.9 Å². The molecule has 0 bridgehead atoms. The van der Waals surface area contributed by atoms with Gasteiger partial charge in [-0.25, -0.2) is 15.0 Å². The topological polar surface area (TPSA) is 51.1 Å². The summed E-state index contributed by atoms with van der Waals surface area (Å²) >= 11 is 1.88. The Kier molecular flexibility index (Phi) is 4.50. The minimum atomic E-state index is 0.408. The van der Waals surface area contributed by atoms with Gasteiger partial charge in [-0.3, -0.25) is 0 Å².